The molecule has 0 fully saturated rings. The molecule has 0 aliphatic heterocycles. The van der Waals surface area contributed by atoms with Gasteiger partial charge in [-0.15, -0.1) is 0 Å². The van der Waals surface area contributed by atoms with Gasteiger partial charge >= 0.3 is 0 Å². The van der Waals surface area contributed by atoms with Crippen LogP contribution < -0.4 is 10.5 Å². The minimum Gasteiger partial charge on any atom is -0.439 e. The second-order valence-corrected chi connectivity index (χ2v) is 4.32. The van der Waals surface area contributed by atoms with Crippen LogP contribution in [0.1, 0.15) is 0 Å². The Labute approximate surface area is 111 Å². The van der Waals surface area contributed by atoms with Crippen LogP contribution in [0.4, 0.5) is 5.69 Å². The summed E-state index contributed by atoms with van der Waals surface area (Å²) in [6.45, 7) is 0. The third-order valence-corrected chi connectivity index (χ3v) is 2.42. The van der Waals surface area contributed by atoms with Crippen LogP contribution in [0.5, 0.6) is 11.6 Å². The molecule has 0 radical (unpaired) electrons. The molecule has 0 bridgehead atoms. The van der Waals surface area contributed by atoms with E-state index in [-0.39, 0.29) is 0 Å². The first-order valence-corrected chi connectivity index (χ1v) is 5.82. The number of nitrogens with zero attached hydrogens (tertiary/aromatic N) is 2. The van der Waals surface area contributed by atoms with Crippen molar-refractivity contribution >= 4 is 39.9 Å². The molecule has 0 spiro atoms. The van der Waals surface area contributed by atoms with Crippen LogP contribution >= 0.6 is 34.2 Å². The molecule has 0 unspecified atom stereocenters. The van der Waals surface area contributed by atoms with E-state index in [0.717, 1.165) is 0 Å². The number of anilines is 1. The predicted octanol–water partition coefficient (Wildman–Crippen LogP) is 3.11. The fourth-order valence-corrected chi connectivity index (χ4v) is 1.89. The number of nitrogens with two attached hydrogens (primary N) is 1. The van der Waals surface area contributed by atoms with Gasteiger partial charge in [-0.3, -0.25) is 0 Å². The van der Waals surface area contributed by atoms with Crippen molar-refractivity contribution in [2.45, 2.75) is 0 Å². The van der Waals surface area contributed by atoms with Gasteiger partial charge in [0.05, 0.1) is 0 Å². The van der Waals surface area contributed by atoms with Gasteiger partial charge in [0.2, 0.25) is 5.88 Å². The topological polar surface area (TPSA) is 61.0 Å². The van der Waals surface area contributed by atoms with E-state index in [9.17, 15) is 0 Å². The molecule has 1 heterocycles. The number of ether oxygens (including phenoxy) is 1. The third kappa shape index (κ3) is 2.96. The maximum absolute atomic E-state index is 5.79. The Hall–Kier alpha value is -1.08. The lowest BCUT2D eigenvalue weighted by Gasteiger charge is -2.05. The van der Waals surface area contributed by atoms with Gasteiger partial charge in [0.15, 0.2) is 3.83 Å². The summed E-state index contributed by atoms with van der Waals surface area (Å²) in [5, 5.41) is 0.352. The van der Waals surface area contributed by atoms with Crippen molar-refractivity contribution in [1.29, 1.82) is 0 Å². The average molecular weight is 348 g/mol. The zero-order valence-electron chi connectivity index (χ0n) is 8.02. The Morgan fingerprint density at radius 2 is 1.88 bits per heavy atom. The van der Waals surface area contributed by atoms with Crippen LogP contribution in [0.3, 0.4) is 0 Å². The molecule has 0 saturated carbocycles. The molecule has 4 nitrogen and oxygen atoms in total. The van der Waals surface area contributed by atoms with Crippen LogP contribution in [-0.4, -0.2) is 9.97 Å². The first kappa shape index (κ1) is 11.4. The van der Waals surface area contributed by atoms with E-state index in [1.165, 1.54) is 0 Å². The van der Waals surface area contributed by atoms with Crippen LogP contribution in [0.2, 0.25) is 5.15 Å². The summed E-state index contributed by atoms with van der Waals surface area (Å²) in [7, 11) is 0. The summed E-state index contributed by atoms with van der Waals surface area (Å²) >= 11 is 7.76. The van der Waals surface area contributed by atoms with Gasteiger partial charge in [-0.1, -0.05) is 11.6 Å². The molecule has 2 rings (SSSR count). The number of hydrogen-bond donors (Lipinski definition) is 1. The van der Waals surface area contributed by atoms with E-state index in [1.54, 1.807) is 30.3 Å². The van der Waals surface area contributed by atoms with E-state index in [0.29, 0.717) is 26.3 Å². The van der Waals surface area contributed by atoms with Crippen LogP contribution in [0.25, 0.3) is 0 Å². The number of hydrogen-bond acceptors (Lipinski definition) is 4. The molecule has 0 aliphatic carbocycles. The predicted molar refractivity (Wildman–Crippen MR) is 70.7 cm³/mol. The molecule has 2 aromatic rings. The summed E-state index contributed by atoms with van der Waals surface area (Å²) in [6.07, 6.45) is 0. The molecule has 0 atom stereocenters. The van der Waals surface area contributed by atoms with Gasteiger partial charge in [0, 0.05) is 34.3 Å². The van der Waals surface area contributed by atoms with E-state index < -0.39 is 0 Å². The molecule has 2 N–H and O–H groups in total. The monoisotopic (exact) mass is 347 g/mol. The second kappa shape index (κ2) is 4.84. The lowest BCUT2D eigenvalue weighted by Crippen LogP contribution is -1.93. The Bertz CT molecular complexity index is 484. The quantitative estimate of drug-likeness (QED) is 0.392. The van der Waals surface area contributed by atoms with Crippen molar-refractivity contribution in [3.8, 4) is 11.6 Å². The Kier molecular flexibility index (Phi) is 3.45. The number of aromatic nitrogens is 2. The highest BCUT2D eigenvalue weighted by atomic mass is 127. The highest BCUT2D eigenvalue weighted by molar-refractivity contribution is 14.1. The Morgan fingerprint density at radius 1 is 1.19 bits per heavy atom. The van der Waals surface area contributed by atoms with Crippen molar-refractivity contribution in [1.82, 2.24) is 9.97 Å². The van der Waals surface area contributed by atoms with E-state index in [1.807, 2.05) is 22.6 Å². The zero-order chi connectivity index (χ0) is 11.5. The van der Waals surface area contributed by atoms with Crippen molar-refractivity contribution in [3.05, 3.63) is 39.3 Å². The Balaban J connectivity index is 2.23. The zero-order valence-corrected chi connectivity index (χ0v) is 10.9. The van der Waals surface area contributed by atoms with Gasteiger partial charge in [-0.2, -0.15) is 4.98 Å². The van der Waals surface area contributed by atoms with Crippen molar-refractivity contribution in [3.63, 3.8) is 0 Å². The van der Waals surface area contributed by atoms with Gasteiger partial charge in [0.25, 0.3) is 0 Å². The molecule has 1 aromatic heterocycles. The van der Waals surface area contributed by atoms with Crippen molar-refractivity contribution < 1.29 is 4.74 Å². The highest BCUT2D eigenvalue weighted by Crippen LogP contribution is 2.22. The lowest BCUT2D eigenvalue weighted by molar-refractivity contribution is 0.460. The molecule has 16 heavy (non-hydrogen) atoms. The lowest BCUT2D eigenvalue weighted by atomic mass is 10.3. The fraction of sp³-hybridized carbons (Fsp3) is 0. The normalized spacial score (nSPS) is 10.1. The van der Waals surface area contributed by atoms with Gasteiger partial charge in [-0.05, 0) is 24.3 Å². The summed E-state index contributed by atoms with van der Waals surface area (Å²) in [4.78, 5) is 8.02. The molecule has 0 aliphatic rings. The molecular weight excluding hydrogens is 340 g/mol. The maximum Gasteiger partial charge on any atom is 0.224 e. The first-order valence-electron chi connectivity index (χ1n) is 4.37. The molecule has 82 valence electrons. The minimum absolute atomic E-state index is 0.352. The first-order chi connectivity index (χ1) is 7.63. The third-order valence-electron chi connectivity index (χ3n) is 1.75. The van der Waals surface area contributed by atoms with Crippen LogP contribution in [-0.2, 0) is 0 Å². The second-order valence-electron chi connectivity index (χ2n) is 2.97. The number of nitrogen functional groups attached to an aromatic ring is 1. The van der Waals surface area contributed by atoms with Gasteiger partial charge in [0.1, 0.15) is 10.9 Å². The molecule has 6 heteroatoms. The highest BCUT2D eigenvalue weighted by Gasteiger charge is 2.03. The number of benzene rings is 1. The smallest absolute Gasteiger partial charge is 0.224 e. The minimum atomic E-state index is 0.352. The molecule has 1 aromatic carbocycles. The number of rotatable bonds is 2. The maximum atomic E-state index is 5.79. The van der Waals surface area contributed by atoms with Gasteiger partial charge < -0.3 is 10.5 Å². The molecule has 0 saturated heterocycles. The average Bonchev–Trinajstić information content (AvgIpc) is 2.20. The molecular formula is C10H7ClIN3O. The Morgan fingerprint density at radius 3 is 2.50 bits per heavy atom. The molecule has 0 amide bonds. The summed E-state index contributed by atoms with van der Waals surface area (Å²) in [6, 6.07) is 8.59. The van der Waals surface area contributed by atoms with Crippen LogP contribution in [0.15, 0.2) is 30.3 Å². The number of halogens is 2. The van der Waals surface area contributed by atoms with E-state index in [4.69, 9.17) is 22.1 Å². The summed E-state index contributed by atoms with van der Waals surface area (Å²) < 4.78 is 6.04. The van der Waals surface area contributed by atoms with Crippen molar-refractivity contribution in [2.24, 2.45) is 0 Å². The van der Waals surface area contributed by atoms with E-state index >= 15 is 0 Å². The van der Waals surface area contributed by atoms with Gasteiger partial charge in [-0.25, -0.2) is 4.98 Å². The van der Waals surface area contributed by atoms with E-state index in [2.05, 4.69) is 9.97 Å². The SMILES string of the molecule is Nc1ccc(Oc2cc(Cl)nc(I)n2)cc1. The van der Waals surface area contributed by atoms with Crippen molar-refractivity contribution in [2.75, 3.05) is 5.73 Å². The largest absolute Gasteiger partial charge is 0.439 e. The fourth-order valence-electron chi connectivity index (χ4n) is 1.08. The standard InChI is InChI=1S/C10H7ClIN3O/c11-8-5-9(15-10(12)14-8)16-7-3-1-6(13)2-4-7/h1-5H,13H2. The summed E-state index contributed by atoms with van der Waals surface area (Å²) in [5.74, 6) is 1.06. The summed E-state index contributed by atoms with van der Waals surface area (Å²) in [5.41, 5.74) is 6.25. The van der Waals surface area contributed by atoms with Crippen LogP contribution in [0, 0.1) is 3.83 Å².